The lowest BCUT2D eigenvalue weighted by Crippen LogP contribution is -2.19. The number of amides is 2. The van der Waals surface area contributed by atoms with E-state index in [9.17, 15) is 4.79 Å². The molecule has 0 saturated heterocycles. The number of nitrogens with two attached hydrogens (primary N) is 1. The molecule has 0 fully saturated rings. The van der Waals surface area contributed by atoms with Crippen LogP contribution in [0, 0.1) is 0 Å². The lowest BCUT2D eigenvalue weighted by molar-refractivity contribution is 0.262. The molecule has 3 heterocycles. The van der Waals surface area contributed by atoms with Crippen LogP contribution < -0.4 is 16.4 Å². The maximum Gasteiger partial charge on any atom is 0.324 e. The summed E-state index contributed by atoms with van der Waals surface area (Å²) in [5.41, 5.74) is 10.2. The van der Waals surface area contributed by atoms with Gasteiger partial charge in [-0.25, -0.2) is 14.8 Å². The predicted octanol–water partition coefficient (Wildman–Crippen LogP) is 5.19. The highest BCUT2D eigenvalue weighted by molar-refractivity contribution is 6.02. The zero-order valence-electron chi connectivity index (χ0n) is 19.1. The summed E-state index contributed by atoms with van der Waals surface area (Å²) in [6, 6.07) is 8.77. The number of benzene rings is 1. The van der Waals surface area contributed by atoms with Crippen LogP contribution in [0.4, 0.5) is 22.1 Å². The van der Waals surface area contributed by atoms with Gasteiger partial charge < -0.3 is 20.1 Å². The van der Waals surface area contributed by atoms with Gasteiger partial charge in [0.2, 0.25) is 0 Å². The summed E-state index contributed by atoms with van der Waals surface area (Å²) < 4.78 is 7.30. The van der Waals surface area contributed by atoms with Gasteiger partial charge in [0.25, 0.3) is 0 Å². The number of hydrogen-bond acceptors (Lipinski definition) is 6. The predicted molar refractivity (Wildman–Crippen MR) is 130 cm³/mol. The molecule has 33 heavy (non-hydrogen) atoms. The lowest BCUT2D eigenvalue weighted by atomic mass is 9.93. The Morgan fingerprint density at radius 3 is 2.55 bits per heavy atom. The molecule has 0 aliphatic rings. The number of hydrogen-bond donors (Lipinski definition) is 3. The van der Waals surface area contributed by atoms with Gasteiger partial charge in [-0.2, -0.15) is 0 Å². The fourth-order valence-electron chi connectivity index (χ4n) is 3.48. The number of nitrogen functional groups attached to an aromatic ring is 1. The first-order valence-electron chi connectivity index (χ1n) is 10.5. The highest BCUT2D eigenvalue weighted by atomic mass is 16.5. The van der Waals surface area contributed by atoms with Gasteiger partial charge in [0.1, 0.15) is 23.6 Å². The smallest absolute Gasteiger partial charge is 0.324 e. The van der Waals surface area contributed by atoms with Crippen LogP contribution in [-0.2, 0) is 12.0 Å². The molecule has 3 aromatic heterocycles. The lowest BCUT2D eigenvalue weighted by Gasteiger charge is -2.12. The highest BCUT2D eigenvalue weighted by Gasteiger charge is 2.20. The SMILES string of the molecule is C=C(C)Cn1cc(-c2ccc(NC(=O)Nc3cc(C(C)(C)C)on3)cc2)c2c(N)ncnc21. The number of nitrogens with zero attached hydrogens (tertiary/aromatic N) is 4. The normalized spacial score (nSPS) is 11.5. The first-order chi connectivity index (χ1) is 15.6. The Morgan fingerprint density at radius 1 is 1.18 bits per heavy atom. The third-order valence-electron chi connectivity index (χ3n) is 5.07. The zero-order chi connectivity index (χ0) is 23.8. The molecular weight excluding hydrogens is 418 g/mol. The summed E-state index contributed by atoms with van der Waals surface area (Å²) in [7, 11) is 0. The second kappa shape index (κ2) is 8.42. The number of aromatic nitrogens is 4. The molecule has 1 aromatic carbocycles. The molecule has 0 saturated carbocycles. The van der Waals surface area contributed by atoms with E-state index in [-0.39, 0.29) is 5.41 Å². The molecule has 4 rings (SSSR count). The van der Waals surface area contributed by atoms with Crippen LogP contribution in [0.15, 0.2) is 59.5 Å². The average molecular weight is 446 g/mol. The standard InChI is InChI=1S/C24H27N7O2/c1-14(2)11-31-12-17(20-21(25)26-13-27-22(20)31)15-6-8-16(9-7-15)28-23(32)29-19-10-18(33-30-19)24(3,4)5/h6-10,12-13H,1,11H2,2-5H3,(H2,25,26,27)(H2,28,29,30,32). The summed E-state index contributed by atoms with van der Waals surface area (Å²) in [4.78, 5) is 20.9. The Bertz CT molecular complexity index is 1330. The number of allylic oxidation sites excluding steroid dienone is 1. The Kier molecular flexibility index (Phi) is 5.63. The molecule has 9 nitrogen and oxygen atoms in total. The highest BCUT2D eigenvalue weighted by Crippen LogP contribution is 2.33. The van der Waals surface area contributed by atoms with Crippen LogP contribution in [0.3, 0.4) is 0 Å². The molecule has 2 amide bonds. The summed E-state index contributed by atoms with van der Waals surface area (Å²) in [6.45, 7) is 12.6. The molecular formula is C24H27N7O2. The van der Waals surface area contributed by atoms with Crippen molar-refractivity contribution in [3.63, 3.8) is 0 Å². The first kappa shape index (κ1) is 22.1. The van der Waals surface area contributed by atoms with Crippen molar-refractivity contribution in [2.45, 2.75) is 39.7 Å². The number of urea groups is 1. The van der Waals surface area contributed by atoms with Gasteiger partial charge >= 0.3 is 6.03 Å². The summed E-state index contributed by atoms with van der Waals surface area (Å²) in [5.74, 6) is 1.46. The Morgan fingerprint density at radius 2 is 1.91 bits per heavy atom. The summed E-state index contributed by atoms with van der Waals surface area (Å²) in [6.07, 6.45) is 3.46. The minimum atomic E-state index is -0.410. The largest absolute Gasteiger partial charge is 0.383 e. The Hall–Kier alpha value is -4.14. The number of rotatable bonds is 5. The van der Waals surface area contributed by atoms with Gasteiger partial charge in [-0.15, -0.1) is 0 Å². The van der Waals surface area contributed by atoms with E-state index in [1.54, 1.807) is 6.07 Å². The molecule has 0 spiro atoms. The Balaban J connectivity index is 1.53. The summed E-state index contributed by atoms with van der Waals surface area (Å²) >= 11 is 0. The van der Waals surface area contributed by atoms with E-state index < -0.39 is 6.03 Å². The van der Waals surface area contributed by atoms with E-state index in [0.29, 0.717) is 29.6 Å². The van der Waals surface area contributed by atoms with Gasteiger partial charge in [-0.1, -0.05) is 50.2 Å². The number of carbonyl (C=O) groups excluding carboxylic acids is 1. The van der Waals surface area contributed by atoms with E-state index in [0.717, 1.165) is 27.7 Å². The van der Waals surface area contributed by atoms with E-state index in [2.05, 4.69) is 32.3 Å². The van der Waals surface area contributed by atoms with E-state index in [1.807, 2.05) is 62.7 Å². The van der Waals surface area contributed by atoms with Gasteiger partial charge in [0.05, 0.1) is 5.39 Å². The van der Waals surface area contributed by atoms with Crippen molar-refractivity contribution < 1.29 is 9.32 Å². The van der Waals surface area contributed by atoms with Crippen molar-refractivity contribution in [3.05, 3.63) is 60.8 Å². The van der Waals surface area contributed by atoms with Crippen molar-refractivity contribution in [3.8, 4) is 11.1 Å². The van der Waals surface area contributed by atoms with Gasteiger partial charge in [-0.3, -0.25) is 5.32 Å². The second-order valence-electron chi connectivity index (χ2n) is 9.07. The topological polar surface area (TPSA) is 124 Å². The molecule has 0 aliphatic carbocycles. The van der Waals surface area contributed by atoms with E-state index >= 15 is 0 Å². The third-order valence-corrected chi connectivity index (χ3v) is 5.07. The minimum Gasteiger partial charge on any atom is -0.383 e. The molecule has 4 N–H and O–H groups in total. The molecule has 9 heteroatoms. The van der Waals surface area contributed by atoms with Crippen molar-refractivity contribution in [1.29, 1.82) is 0 Å². The fraction of sp³-hybridized carbons (Fsp3) is 0.250. The van der Waals surface area contributed by atoms with Crippen molar-refractivity contribution in [2.24, 2.45) is 0 Å². The van der Waals surface area contributed by atoms with E-state index in [1.165, 1.54) is 6.33 Å². The number of anilines is 3. The van der Waals surface area contributed by atoms with Gasteiger partial charge in [-0.05, 0) is 24.6 Å². The number of nitrogens with one attached hydrogen (secondary N) is 2. The zero-order valence-corrected chi connectivity index (χ0v) is 19.1. The van der Waals surface area contributed by atoms with Crippen LogP contribution >= 0.6 is 0 Å². The maximum atomic E-state index is 12.4. The van der Waals surface area contributed by atoms with Crippen LogP contribution in [0.25, 0.3) is 22.2 Å². The van der Waals surface area contributed by atoms with Crippen LogP contribution in [0.1, 0.15) is 33.5 Å². The molecule has 0 aliphatic heterocycles. The van der Waals surface area contributed by atoms with Crippen molar-refractivity contribution in [2.75, 3.05) is 16.4 Å². The minimum absolute atomic E-state index is 0.193. The molecule has 4 aromatic rings. The third kappa shape index (κ3) is 4.72. The van der Waals surface area contributed by atoms with Crippen molar-refractivity contribution >= 4 is 34.4 Å². The molecule has 0 atom stereocenters. The van der Waals surface area contributed by atoms with Gasteiger partial charge in [0.15, 0.2) is 5.82 Å². The van der Waals surface area contributed by atoms with Gasteiger partial charge in [0, 0.05) is 35.5 Å². The average Bonchev–Trinajstić information content (AvgIpc) is 3.34. The molecule has 0 bridgehead atoms. The molecule has 170 valence electrons. The maximum absolute atomic E-state index is 12.4. The van der Waals surface area contributed by atoms with Crippen LogP contribution in [-0.4, -0.2) is 25.7 Å². The summed E-state index contributed by atoms with van der Waals surface area (Å²) in [5, 5.41) is 10.2. The molecule has 0 radical (unpaired) electrons. The number of carbonyl (C=O) groups is 1. The van der Waals surface area contributed by atoms with Crippen LogP contribution in [0.2, 0.25) is 0 Å². The second-order valence-corrected chi connectivity index (χ2v) is 9.07. The van der Waals surface area contributed by atoms with Crippen molar-refractivity contribution in [1.82, 2.24) is 19.7 Å². The quantitative estimate of drug-likeness (QED) is 0.363. The van der Waals surface area contributed by atoms with E-state index in [4.69, 9.17) is 10.3 Å². The monoisotopic (exact) mass is 445 g/mol. The van der Waals surface area contributed by atoms with Crippen LogP contribution in [0.5, 0.6) is 0 Å². The Labute approximate surface area is 191 Å². The first-order valence-corrected chi connectivity index (χ1v) is 10.5. The fourth-order valence-corrected chi connectivity index (χ4v) is 3.48. The molecule has 0 unspecified atom stereocenters. The number of fused-ring (bicyclic) bond motifs is 1.